The molecule has 1 unspecified atom stereocenters. The number of aromatic nitrogens is 2. The summed E-state index contributed by atoms with van der Waals surface area (Å²) in [6, 6.07) is 0.0720. The van der Waals surface area contributed by atoms with Gasteiger partial charge in [-0.2, -0.15) is 0 Å². The Morgan fingerprint density at radius 3 is 3.12 bits per heavy atom. The molecule has 1 fully saturated rings. The summed E-state index contributed by atoms with van der Waals surface area (Å²) in [6.07, 6.45) is 5.23. The van der Waals surface area contributed by atoms with Crippen molar-refractivity contribution in [1.82, 2.24) is 19.8 Å². The first-order valence-electron chi connectivity index (χ1n) is 6.21. The van der Waals surface area contributed by atoms with Crippen LogP contribution < -0.4 is 5.32 Å². The van der Waals surface area contributed by atoms with Gasteiger partial charge in [0.2, 0.25) is 5.91 Å². The van der Waals surface area contributed by atoms with Crippen molar-refractivity contribution in [2.75, 3.05) is 19.6 Å². The Morgan fingerprint density at radius 1 is 1.65 bits per heavy atom. The molecular weight excluding hydrogens is 216 g/mol. The molecule has 5 nitrogen and oxygen atoms in total. The number of rotatable bonds is 3. The SMILES string of the molecule is CCCC(=O)N1CCNCC1c1nccn1C. The third kappa shape index (κ3) is 2.49. The molecule has 0 saturated carbocycles. The van der Waals surface area contributed by atoms with Crippen LogP contribution in [0.3, 0.4) is 0 Å². The average molecular weight is 236 g/mol. The van der Waals surface area contributed by atoms with Crippen LogP contribution in [0.15, 0.2) is 12.4 Å². The van der Waals surface area contributed by atoms with E-state index in [-0.39, 0.29) is 11.9 Å². The van der Waals surface area contributed by atoms with E-state index in [1.54, 1.807) is 6.20 Å². The van der Waals surface area contributed by atoms with Crippen molar-refractivity contribution >= 4 is 5.91 Å². The molecule has 1 amide bonds. The van der Waals surface area contributed by atoms with Gasteiger partial charge in [0.05, 0.1) is 0 Å². The molecule has 0 spiro atoms. The Labute approximate surface area is 102 Å². The lowest BCUT2D eigenvalue weighted by Crippen LogP contribution is -2.49. The Kier molecular flexibility index (Phi) is 3.78. The van der Waals surface area contributed by atoms with Crippen LogP contribution in [0.2, 0.25) is 0 Å². The van der Waals surface area contributed by atoms with Gasteiger partial charge in [-0.25, -0.2) is 4.98 Å². The lowest BCUT2D eigenvalue weighted by Gasteiger charge is -2.35. The van der Waals surface area contributed by atoms with Gasteiger partial charge in [0.1, 0.15) is 11.9 Å². The first-order chi connectivity index (χ1) is 8.24. The van der Waals surface area contributed by atoms with Gasteiger partial charge in [0.15, 0.2) is 0 Å². The summed E-state index contributed by atoms with van der Waals surface area (Å²) in [6.45, 7) is 4.48. The number of carbonyl (C=O) groups excluding carboxylic acids is 1. The summed E-state index contributed by atoms with van der Waals surface area (Å²) in [5, 5.41) is 3.33. The Morgan fingerprint density at radius 2 is 2.47 bits per heavy atom. The maximum atomic E-state index is 12.1. The first kappa shape index (κ1) is 12.1. The van der Waals surface area contributed by atoms with E-state index in [9.17, 15) is 4.79 Å². The Bertz CT molecular complexity index is 388. The second kappa shape index (κ2) is 5.31. The minimum absolute atomic E-state index is 0.0720. The molecule has 0 aromatic carbocycles. The lowest BCUT2D eigenvalue weighted by molar-refractivity contribution is -0.134. The number of carbonyl (C=O) groups is 1. The van der Waals surface area contributed by atoms with Crippen molar-refractivity contribution in [1.29, 1.82) is 0 Å². The molecule has 1 saturated heterocycles. The van der Waals surface area contributed by atoms with Crippen molar-refractivity contribution in [3.63, 3.8) is 0 Å². The molecule has 2 rings (SSSR count). The normalized spacial score (nSPS) is 20.6. The largest absolute Gasteiger partial charge is 0.336 e. The average Bonchev–Trinajstić information content (AvgIpc) is 2.76. The molecular formula is C12H20N4O. The summed E-state index contributed by atoms with van der Waals surface area (Å²) in [7, 11) is 1.97. The second-order valence-corrected chi connectivity index (χ2v) is 4.45. The molecule has 1 N–H and O–H groups in total. The molecule has 0 bridgehead atoms. The summed E-state index contributed by atoms with van der Waals surface area (Å²) < 4.78 is 1.99. The number of hydrogen-bond acceptors (Lipinski definition) is 3. The standard InChI is InChI=1S/C12H20N4O/c1-3-4-11(17)16-8-5-13-9-10(16)12-14-6-7-15(12)2/h6-7,10,13H,3-5,8-9H2,1-2H3. The fourth-order valence-corrected chi connectivity index (χ4v) is 2.29. The fourth-order valence-electron chi connectivity index (χ4n) is 2.29. The van der Waals surface area contributed by atoms with E-state index in [4.69, 9.17) is 0 Å². The van der Waals surface area contributed by atoms with Crippen LogP contribution >= 0.6 is 0 Å². The lowest BCUT2D eigenvalue weighted by atomic mass is 10.1. The number of hydrogen-bond donors (Lipinski definition) is 1. The number of aryl methyl sites for hydroxylation is 1. The first-order valence-corrected chi connectivity index (χ1v) is 6.21. The highest BCUT2D eigenvalue weighted by molar-refractivity contribution is 5.76. The van der Waals surface area contributed by atoms with E-state index in [1.165, 1.54) is 0 Å². The highest BCUT2D eigenvalue weighted by Crippen LogP contribution is 2.21. The molecule has 0 aliphatic carbocycles. The number of amides is 1. The van der Waals surface area contributed by atoms with E-state index >= 15 is 0 Å². The molecule has 17 heavy (non-hydrogen) atoms. The summed E-state index contributed by atoms with van der Waals surface area (Å²) in [5.41, 5.74) is 0. The van der Waals surface area contributed by atoms with Crippen molar-refractivity contribution in [2.24, 2.45) is 7.05 Å². The van der Waals surface area contributed by atoms with Crippen molar-refractivity contribution < 1.29 is 4.79 Å². The zero-order valence-electron chi connectivity index (χ0n) is 10.5. The van der Waals surface area contributed by atoms with Crippen LogP contribution in [0.1, 0.15) is 31.6 Å². The maximum absolute atomic E-state index is 12.1. The second-order valence-electron chi connectivity index (χ2n) is 4.45. The predicted octanol–water partition coefficient (Wildman–Crippen LogP) is 0.693. The van der Waals surface area contributed by atoms with Crippen LogP contribution in [-0.4, -0.2) is 40.0 Å². The molecule has 1 aromatic heterocycles. The molecule has 0 radical (unpaired) electrons. The van der Waals surface area contributed by atoms with Gasteiger partial charge in [-0.15, -0.1) is 0 Å². The molecule has 2 heterocycles. The van der Waals surface area contributed by atoms with Crippen molar-refractivity contribution in [2.45, 2.75) is 25.8 Å². The van der Waals surface area contributed by atoms with Gasteiger partial charge in [0, 0.05) is 45.5 Å². The summed E-state index contributed by atoms with van der Waals surface area (Å²) in [4.78, 5) is 18.4. The molecule has 1 aromatic rings. The fraction of sp³-hybridized carbons (Fsp3) is 0.667. The van der Waals surface area contributed by atoms with E-state index in [0.29, 0.717) is 6.42 Å². The van der Waals surface area contributed by atoms with E-state index in [2.05, 4.69) is 10.3 Å². The predicted molar refractivity (Wildman–Crippen MR) is 65.4 cm³/mol. The van der Waals surface area contributed by atoms with Crippen LogP contribution in [-0.2, 0) is 11.8 Å². The van der Waals surface area contributed by atoms with E-state index in [0.717, 1.165) is 31.9 Å². The summed E-state index contributed by atoms with van der Waals surface area (Å²) >= 11 is 0. The Hall–Kier alpha value is -1.36. The third-order valence-corrected chi connectivity index (χ3v) is 3.18. The van der Waals surface area contributed by atoms with Gasteiger partial charge >= 0.3 is 0 Å². The van der Waals surface area contributed by atoms with Gasteiger partial charge < -0.3 is 14.8 Å². The van der Waals surface area contributed by atoms with Gasteiger partial charge in [-0.3, -0.25) is 4.79 Å². The van der Waals surface area contributed by atoms with Gasteiger partial charge in [-0.05, 0) is 6.42 Å². The van der Waals surface area contributed by atoms with Crippen LogP contribution in [0, 0.1) is 0 Å². The topological polar surface area (TPSA) is 50.2 Å². The monoisotopic (exact) mass is 236 g/mol. The smallest absolute Gasteiger partial charge is 0.223 e. The molecule has 1 aliphatic heterocycles. The van der Waals surface area contributed by atoms with Crippen LogP contribution in [0.5, 0.6) is 0 Å². The number of nitrogens with one attached hydrogen (secondary N) is 1. The zero-order chi connectivity index (χ0) is 12.3. The minimum atomic E-state index is 0.0720. The molecule has 5 heteroatoms. The highest BCUT2D eigenvalue weighted by Gasteiger charge is 2.29. The number of piperazine rings is 1. The quantitative estimate of drug-likeness (QED) is 0.840. The maximum Gasteiger partial charge on any atom is 0.223 e. The Balaban J connectivity index is 2.18. The minimum Gasteiger partial charge on any atom is -0.336 e. The highest BCUT2D eigenvalue weighted by atomic mass is 16.2. The van der Waals surface area contributed by atoms with Crippen molar-refractivity contribution in [3.8, 4) is 0 Å². The molecule has 94 valence electrons. The van der Waals surface area contributed by atoms with E-state index in [1.807, 2.05) is 29.6 Å². The van der Waals surface area contributed by atoms with Gasteiger partial charge in [0.25, 0.3) is 0 Å². The zero-order valence-corrected chi connectivity index (χ0v) is 10.5. The molecule has 1 atom stereocenters. The van der Waals surface area contributed by atoms with Crippen LogP contribution in [0.4, 0.5) is 0 Å². The number of imidazole rings is 1. The van der Waals surface area contributed by atoms with E-state index < -0.39 is 0 Å². The summed E-state index contributed by atoms with van der Waals surface area (Å²) in [5.74, 6) is 1.20. The van der Waals surface area contributed by atoms with Crippen molar-refractivity contribution in [3.05, 3.63) is 18.2 Å². The number of nitrogens with zero attached hydrogens (tertiary/aromatic N) is 3. The third-order valence-electron chi connectivity index (χ3n) is 3.18. The van der Waals surface area contributed by atoms with Gasteiger partial charge in [-0.1, -0.05) is 6.92 Å². The van der Waals surface area contributed by atoms with Crippen LogP contribution in [0.25, 0.3) is 0 Å². The molecule has 1 aliphatic rings.